The second kappa shape index (κ2) is 7.76. The van der Waals surface area contributed by atoms with Crippen LogP contribution in [0.3, 0.4) is 0 Å². The van der Waals surface area contributed by atoms with E-state index in [1.165, 1.54) is 5.56 Å². The number of anilines is 2. The Labute approximate surface area is 163 Å². The molecule has 0 bridgehead atoms. The van der Waals surface area contributed by atoms with Crippen molar-refractivity contribution in [2.75, 3.05) is 69.1 Å². The predicted octanol–water partition coefficient (Wildman–Crippen LogP) is 0.759. The molecule has 0 saturated carbocycles. The van der Waals surface area contributed by atoms with Gasteiger partial charge in [-0.2, -0.15) is 10.1 Å². The maximum atomic E-state index is 5.48. The van der Waals surface area contributed by atoms with Crippen LogP contribution in [0.5, 0.6) is 11.5 Å². The maximum Gasteiger partial charge on any atom is 0.247 e. The topological polar surface area (TPSA) is 76.1 Å². The Kier molecular flexibility index (Phi) is 4.84. The second-order valence-electron chi connectivity index (χ2n) is 7.16. The number of fused-ring (bicyclic) bond motifs is 1. The zero-order valence-electron chi connectivity index (χ0n) is 15.8. The van der Waals surface area contributed by atoms with Gasteiger partial charge in [0.05, 0.1) is 19.4 Å². The SMILES string of the molecule is c1cc2c(cc1CN1CCN(c3cnnc(N4CCOCC4)n3)CC1)OCO2. The van der Waals surface area contributed by atoms with Gasteiger partial charge in [-0.3, -0.25) is 4.90 Å². The number of piperazine rings is 1. The van der Waals surface area contributed by atoms with Crippen LogP contribution in [0.2, 0.25) is 0 Å². The highest BCUT2D eigenvalue weighted by molar-refractivity contribution is 5.45. The van der Waals surface area contributed by atoms with Gasteiger partial charge in [-0.05, 0) is 17.7 Å². The lowest BCUT2D eigenvalue weighted by atomic mass is 10.1. The average molecular weight is 384 g/mol. The van der Waals surface area contributed by atoms with Crippen molar-refractivity contribution in [1.82, 2.24) is 20.1 Å². The summed E-state index contributed by atoms with van der Waals surface area (Å²) in [6, 6.07) is 6.19. The Morgan fingerprint density at radius 1 is 0.893 bits per heavy atom. The van der Waals surface area contributed by atoms with Crippen LogP contribution in [-0.4, -0.2) is 79.4 Å². The molecule has 2 saturated heterocycles. The highest BCUT2D eigenvalue weighted by atomic mass is 16.7. The number of nitrogens with zero attached hydrogens (tertiary/aromatic N) is 6. The lowest BCUT2D eigenvalue weighted by molar-refractivity contribution is 0.122. The molecule has 0 radical (unpaired) electrons. The summed E-state index contributed by atoms with van der Waals surface area (Å²) in [7, 11) is 0. The molecule has 28 heavy (non-hydrogen) atoms. The van der Waals surface area contributed by atoms with Crippen molar-refractivity contribution in [3.05, 3.63) is 30.0 Å². The van der Waals surface area contributed by atoms with E-state index in [1.54, 1.807) is 6.20 Å². The largest absolute Gasteiger partial charge is 0.454 e. The van der Waals surface area contributed by atoms with Crippen LogP contribution < -0.4 is 19.3 Å². The standard InChI is InChI=1S/C19H24N6O3/c1-2-16-17(28-14-27-16)11-15(1)13-23-3-5-24(6-4-23)18-12-20-22-19(21-18)25-7-9-26-10-8-25/h1-2,11-12H,3-10,13-14H2. The van der Waals surface area contributed by atoms with Crippen molar-refractivity contribution in [3.8, 4) is 11.5 Å². The first-order chi connectivity index (χ1) is 13.8. The van der Waals surface area contributed by atoms with Crippen molar-refractivity contribution in [2.24, 2.45) is 0 Å². The third-order valence-electron chi connectivity index (χ3n) is 5.37. The van der Waals surface area contributed by atoms with Crippen molar-refractivity contribution in [3.63, 3.8) is 0 Å². The summed E-state index contributed by atoms with van der Waals surface area (Å²) in [5.41, 5.74) is 1.25. The molecule has 2 fully saturated rings. The first-order valence-electron chi connectivity index (χ1n) is 9.73. The fraction of sp³-hybridized carbons (Fsp3) is 0.526. The van der Waals surface area contributed by atoms with Gasteiger partial charge in [0.1, 0.15) is 0 Å². The first kappa shape index (κ1) is 17.4. The van der Waals surface area contributed by atoms with Crippen LogP contribution in [0, 0.1) is 0 Å². The number of aromatic nitrogens is 3. The zero-order chi connectivity index (χ0) is 18.8. The van der Waals surface area contributed by atoms with Crippen LogP contribution >= 0.6 is 0 Å². The molecule has 9 nitrogen and oxygen atoms in total. The van der Waals surface area contributed by atoms with Gasteiger partial charge in [-0.1, -0.05) is 6.07 Å². The molecule has 0 spiro atoms. The summed E-state index contributed by atoms with van der Waals surface area (Å²) in [4.78, 5) is 11.6. The molecule has 0 atom stereocenters. The van der Waals surface area contributed by atoms with E-state index in [0.717, 1.165) is 63.1 Å². The number of ether oxygens (including phenoxy) is 3. The third-order valence-corrected chi connectivity index (χ3v) is 5.37. The lowest BCUT2D eigenvalue weighted by Gasteiger charge is -2.35. The van der Waals surface area contributed by atoms with Crippen LogP contribution in [0.1, 0.15) is 5.56 Å². The molecule has 2 aromatic rings. The number of hydrogen-bond donors (Lipinski definition) is 0. The van der Waals surface area contributed by atoms with Gasteiger partial charge >= 0.3 is 0 Å². The molecular weight excluding hydrogens is 360 g/mol. The molecular formula is C19H24N6O3. The molecule has 0 N–H and O–H groups in total. The van der Waals surface area contributed by atoms with Crippen molar-refractivity contribution in [1.29, 1.82) is 0 Å². The number of hydrogen-bond acceptors (Lipinski definition) is 9. The number of benzene rings is 1. The number of morpholine rings is 1. The minimum Gasteiger partial charge on any atom is -0.454 e. The molecule has 0 unspecified atom stereocenters. The van der Waals surface area contributed by atoms with E-state index in [9.17, 15) is 0 Å². The molecule has 1 aromatic heterocycles. The van der Waals surface area contributed by atoms with Crippen LogP contribution in [0.4, 0.5) is 11.8 Å². The normalized spacial score (nSPS) is 19.9. The molecule has 3 aliphatic heterocycles. The Morgan fingerprint density at radius 2 is 1.71 bits per heavy atom. The summed E-state index contributed by atoms with van der Waals surface area (Å²) in [6.07, 6.45) is 1.76. The molecule has 4 heterocycles. The average Bonchev–Trinajstić information content (AvgIpc) is 3.23. The maximum absolute atomic E-state index is 5.48. The minimum atomic E-state index is 0.316. The molecule has 148 valence electrons. The van der Waals surface area contributed by atoms with E-state index in [2.05, 4.69) is 37.0 Å². The van der Waals surface area contributed by atoms with E-state index in [-0.39, 0.29) is 0 Å². The molecule has 1 aromatic carbocycles. The summed E-state index contributed by atoms with van der Waals surface area (Å²) < 4.78 is 16.3. The van der Waals surface area contributed by atoms with Crippen LogP contribution in [-0.2, 0) is 11.3 Å². The van der Waals surface area contributed by atoms with Gasteiger partial charge in [0.15, 0.2) is 17.3 Å². The molecule has 3 aliphatic rings. The predicted molar refractivity (Wildman–Crippen MR) is 103 cm³/mol. The van der Waals surface area contributed by atoms with Crippen molar-refractivity contribution >= 4 is 11.8 Å². The van der Waals surface area contributed by atoms with Gasteiger partial charge in [-0.15, -0.1) is 5.10 Å². The fourth-order valence-electron chi connectivity index (χ4n) is 3.77. The molecule has 0 aliphatic carbocycles. The molecule has 5 rings (SSSR count). The van der Waals surface area contributed by atoms with E-state index >= 15 is 0 Å². The van der Waals surface area contributed by atoms with Gasteiger partial charge in [-0.25, -0.2) is 0 Å². The van der Waals surface area contributed by atoms with Crippen LogP contribution in [0.25, 0.3) is 0 Å². The van der Waals surface area contributed by atoms with E-state index in [4.69, 9.17) is 19.2 Å². The quantitative estimate of drug-likeness (QED) is 0.759. The fourth-order valence-corrected chi connectivity index (χ4v) is 3.77. The van der Waals surface area contributed by atoms with E-state index < -0.39 is 0 Å². The van der Waals surface area contributed by atoms with Gasteiger partial charge in [0.25, 0.3) is 0 Å². The summed E-state index contributed by atoms with van der Waals surface area (Å²) >= 11 is 0. The molecule has 0 amide bonds. The lowest BCUT2D eigenvalue weighted by Crippen LogP contribution is -2.46. The Morgan fingerprint density at radius 3 is 2.57 bits per heavy atom. The van der Waals surface area contributed by atoms with Crippen LogP contribution in [0.15, 0.2) is 24.4 Å². The highest BCUT2D eigenvalue weighted by Gasteiger charge is 2.22. The Hall–Kier alpha value is -2.65. The number of rotatable bonds is 4. The van der Waals surface area contributed by atoms with Gasteiger partial charge in [0, 0.05) is 45.8 Å². The van der Waals surface area contributed by atoms with Crippen molar-refractivity contribution < 1.29 is 14.2 Å². The Balaban J connectivity index is 1.19. The van der Waals surface area contributed by atoms with E-state index in [0.29, 0.717) is 26.0 Å². The second-order valence-corrected chi connectivity index (χ2v) is 7.16. The third kappa shape index (κ3) is 3.67. The first-order valence-corrected chi connectivity index (χ1v) is 9.73. The highest BCUT2D eigenvalue weighted by Crippen LogP contribution is 2.32. The zero-order valence-corrected chi connectivity index (χ0v) is 15.8. The smallest absolute Gasteiger partial charge is 0.247 e. The monoisotopic (exact) mass is 384 g/mol. The summed E-state index contributed by atoms with van der Waals surface area (Å²) in [5, 5.41) is 8.39. The summed E-state index contributed by atoms with van der Waals surface area (Å²) in [6.45, 7) is 8.08. The van der Waals surface area contributed by atoms with Crippen molar-refractivity contribution in [2.45, 2.75) is 6.54 Å². The van der Waals surface area contributed by atoms with Gasteiger partial charge in [0.2, 0.25) is 12.7 Å². The van der Waals surface area contributed by atoms with Gasteiger partial charge < -0.3 is 24.0 Å². The van der Waals surface area contributed by atoms with E-state index in [1.807, 2.05) is 6.07 Å². The minimum absolute atomic E-state index is 0.316. The Bertz CT molecular complexity index is 821. The molecule has 9 heteroatoms. The summed E-state index contributed by atoms with van der Waals surface area (Å²) in [5.74, 6) is 3.28.